The minimum absolute atomic E-state index is 0.644. The summed E-state index contributed by atoms with van der Waals surface area (Å²) in [7, 11) is 0. The minimum Gasteiger partial charge on any atom is -0.309 e. The summed E-state index contributed by atoms with van der Waals surface area (Å²) in [6, 6.07) is 72.9. The molecule has 9 aromatic carbocycles. The van der Waals surface area contributed by atoms with Crippen LogP contribution in [0.5, 0.6) is 0 Å². The van der Waals surface area contributed by atoms with Crippen molar-refractivity contribution in [2.45, 2.75) is 0 Å². The normalized spacial score (nSPS) is 11.8. The zero-order valence-corrected chi connectivity index (χ0v) is 30.9. The summed E-state index contributed by atoms with van der Waals surface area (Å²) < 4.78 is 0. The van der Waals surface area contributed by atoms with Crippen LogP contribution in [0.15, 0.2) is 206 Å². The Morgan fingerprint density at radius 2 is 0.754 bits per heavy atom. The van der Waals surface area contributed by atoms with Gasteiger partial charge in [-0.25, -0.2) is 15.0 Å². The Morgan fingerprint density at radius 1 is 0.281 bits per heavy atom. The van der Waals surface area contributed by atoms with Gasteiger partial charge < -0.3 is 4.90 Å². The molecule has 0 spiro atoms. The van der Waals surface area contributed by atoms with Crippen LogP contribution in [0, 0.1) is 0 Å². The maximum Gasteiger partial charge on any atom is 0.164 e. The molecule has 0 saturated carbocycles. The van der Waals surface area contributed by atoms with Crippen LogP contribution in [0.1, 0.15) is 0 Å². The maximum absolute atomic E-state index is 5.11. The van der Waals surface area contributed by atoms with Crippen molar-refractivity contribution in [2.24, 2.45) is 0 Å². The van der Waals surface area contributed by atoms with Gasteiger partial charge in [-0.1, -0.05) is 176 Å². The van der Waals surface area contributed by atoms with Crippen molar-refractivity contribution in [1.29, 1.82) is 0 Å². The van der Waals surface area contributed by atoms with E-state index in [0.717, 1.165) is 38.7 Å². The van der Waals surface area contributed by atoms with E-state index in [1.165, 1.54) is 50.0 Å². The minimum atomic E-state index is 0.644. The Balaban J connectivity index is 1.14. The molecule has 0 fully saturated rings. The van der Waals surface area contributed by atoms with Crippen molar-refractivity contribution in [3.8, 4) is 67.5 Å². The van der Waals surface area contributed by atoms with Crippen LogP contribution in [-0.2, 0) is 0 Å². The standard InChI is InChI=1S/C53H34N4/c1-5-17-35(18-6-1)39-27-16-30-47-49(39)46-29-15-28-44-43(33-34-48(50(44)46)57(47)38-23-11-4-12-24-38)42-31-32-45(41-26-14-13-25-40(41)42)53-55-51(36-19-7-2-8-20-36)54-52(56-53)37-21-9-3-10-22-37/h1-34H. The quantitative estimate of drug-likeness (QED) is 0.171. The van der Waals surface area contributed by atoms with Gasteiger partial charge in [-0.15, -0.1) is 0 Å². The van der Waals surface area contributed by atoms with Crippen molar-refractivity contribution in [3.05, 3.63) is 206 Å². The zero-order chi connectivity index (χ0) is 37.7. The number of rotatable bonds is 6. The van der Waals surface area contributed by atoms with Crippen LogP contribution in [0.3, 0.4) is 0 Å². The molecule has 1 aliphatic heterocycles. The molecule has 0 bridgehead atoms. The van der Waals surface area contributed by atoms with Crippen LogP contribution in [0.4, 0.5) is 17.1 Å². The van der Waals surface area contributed by atoms with Gasteiger partial charge in [0.1, 0.15) is 0 Å². The van der Waals surface area contributed by atoms with Crippen molar-refractivity contribution >= 4 is 38.6 Å². The number of hydrogen-bond donors (Lipinski definition) is 0. The Labute approximate surface area is 331 Å². The van der Waals surface area contributed by atoms with E-state index in [2.05, 4.69) is 150 Å². The summed E-state index contributed by atoms with van der Waals surface area (Å²) in [5.41, 5.74) is 13.6. The second-order valence-electron chi connectivity index (χ2n) is 14.3. The van der Waals surface area contributed by atoms with E-state index in [0.29, 0.717) is 17.5 Å². The molecule has 4 heteroatoms. The fourth-order valence-corrected chi connectivity index (χ4v) is 8.53. The first kappa shape index (κ1) is 32.7. The Morgan fingerprint density at radius 3 is 1.42 bits per heavy atom. The summed E-state index contributed by atoms with van der Waals surface area (Å²) in [6.45, 7) is 0. The SMILES string of the molecule is c1ccc(-c2nc(-c3ccccc3)nc(-c3ccc(-c4ccc5c6c(cccc46)-c4c(-c6ccccc6)cccc4N5c4ccccc4)c4ccccc34)n2)cc1. The summed E-state index contributed by atoms with van der Waals surface area (Å²) in [4.78, 5) is 17.6. The largest absolute Gasteiger partial charge is 0.309 e. The Hall–Kier alpha value is -7.69. The predicted octanol–water partition coefficient (Wildman–Crippen LogP) is 14.0. The zero-order valence-electron chi connectivity index (χ0n) is 30.9. The number of anilines is 3. The van der Waals surface area contributed by atoms with Gasteiger partial charge in [0.15, 0.2) is 17.5 Å². The highest BCUT2D eigenvalue weighted by atomic mass is 15.2. The van der Waals surface area contributed by atoms with E-state index in [1.807, 2.05) is 60.7 Å². The smallest absolute Gasteiger partial charge is 0.164 e. The van der Waals surface area contributed by atoms with Crippen LogP contribution >= 0.6 is 0 Å². The van der Waals surface area contributed by atoms with Crippen LogP contribution in [0.2, 0.25) is 0 Å². The molecule has 2 heterocycles. The first-order valence-electron chi connectivity index (χ1n) is 19.3. The molecule has 0 saturated heterocycles. The molecule has 10 aromatic rings. The lowest BCUT2D eigenvalue weighted by molar-refractivity contribution is 1.08. The highest BCUT2D eigenvalue weighted by Crippen LogP contribution is 2.55. The Kier molecular flexibility index (Phi) is 7.78. The monoisotopic (exact) mass is 726 g/mol. The predicted molar refractivity (Wildman–Crippen MR) is 236 cm³/mol. The molecule has 266 valence electrons. The van der Waals surface area contributed by atoms with Gasteiger partial charge in [-0.2, -0.15) is 0 Å². The molecule has 0 amide bonds. The lowest BCUT2D eigenvalue weighted by atomic mass is 9.83. The lowest BCUT2D eigenvalue weighted by Gasteiger charge is -2.35. The molecule has 1 aromatic heterocycles. The van der Waals surface area contributed by atoms with Crippen molar-refractivity contribution < 1.29 is 0 Å². The second kappa shape index (κ2) is 13.6. The second-order valence-corrected chi connectivity index (χ2v) is 14.3. The Bertz CT molecular complexity index is 3050. The topological polar surface area (TPSA) is 41.9 Å². The van der Waals surface area contributed by atoms with Crippen molar-refractivity contribution in [1.82, 2.24) is 15.0 Å². The fourth-order valence-electron chi connectivity index (χ4n) is 8.53. The molecule has 1 aliphatic rings. The van der Waals surface area contributed by atoms with E-state index in [4.69, 9.17) is 15.0 Å². The molecule has 4 nitrogen and oxygen atoms in total. The van der Waals surface area contributed by atoms with Crippen LogP contribution < -0.4 is 4.90 Å². The number of benzene rings is 9. The third kappa shape index (κ3) is 5.50. The summed E-state index contributed by atoms with van der Waals surface area (Å²) in [5, 5.41) is 4.66. The average Bonchev–Trinajstić information content (AvgIpc) is 3.30. The summed E-state index contributed by atoms with van der Waals surface area (Å²) in [5.74, 6) is 1.94. The molecule has 0 aliphatic carbocycles. The first-order valence-corrected chi connectivity index (χ1v) is 19.3. The molecular weight excluding hydrogens is 693 g/mol. The molecule has 0 atom stereocenters. The van der Waals surface area contributed by atoms with Gasteiger partial charge in [0.2, 0.25) is 0 Å². The average molecular weight is 727 g/mol. The third-order valence-electron chi connectivity index (χ3n) is 11.1. The van der Waals surface area contributed by atoms with Gasteiger partial charge in [-0.05, 0) is 74.3 Å². The van der Waals surface area contributed by atoms with E-state index < -0.39 is 0 Å². The molecule has 11 rings (SSSR count). The lowest BCUT2D eigenvalue weighted by Crippen LogP contribution is -2.15. The van der Waals surface area contributed by atoms with E-state index >= 15 is 0 Å². The van der Waals surface area contributed by atoms with Crippen LogP contribution in [-0.4, -0.2) is 15.0 Å². The third-order valence-corrected chi connectivity index (χ3v) is 11.1. The number of para-hydroxylation sites is 1. The molecule has 0 N–H and O–H groups in total. The highest BCUT2D eigenvalue weighted by molar-refractivity contribution is 6.21. The van der Waals surface area contributed by atoms with Gasteiger partial charge in [0, 0.05) is 33.3 Å². The van der Waals surface area contributed by atoms with E-state index in [-0.39, 0.29) is 0 Å². The fraction of sp³-hybridized carbons (Fsp3) is 0. The van der Waals surface area contributed by atoms with E-state index in [1.54, 1.807) is 0 Å². The van der Waals surface area contributed by atoms with Gasteiger partial charge in [0.25, 0.3) is 0 Å². The summed E-state index contributed by atoms with van der Waals surface area (Å²) >= 11 is 0. The maximum atomic E-state index is 5.11. The van der Waals surface area contributed by atoms with Crippen molar-refractivity contribution in [3.63, 3.8) is 0 Å². The molecular formula is C53H34N4. The van der Waals surface area contributed by atoms with Gasteiger partial charge >= 0.3 is 0 Å². The number of nitrogens with zero attached hydrogens (tertiary/aromatic N) is 4. The van der Waals surface area contributed by atoms with Crippen molar-refractivity contribution in [2.75, 3.05) is 4.90 Å². The molecule has 0 unspecified atom stereocenters. The van der Waals surface area contributed by atoms with E-state index in [9.17, 15) is 0 Å². The highest BCUT2D eigenvalue weighted by Gasteiger charge is 2.29. The number of hydrogen-bond acceptors (Lipinski definition) is 4. The summed E-state index contributed by atoms with van der Waals surface area (Å²) in [6.07, 6.45) is 0. The molecule has 0 radical (unpaired) electrons. The first-order chi connectivity index (χ1) is 28.3. The van der Waals surface area contributed by atoms with Gasteiger partial charge in [-0.3, -0.25) is 0 Å². The van der Waals surface area contributed by atoms with Crippen LogP contribution in [0.25, 0.3) is 89.1 Å². The number of aromatic nitrogens is 3. The molecule has 57 heavy (non-hydrogen) atoms. The van der Waals surface area contributed by atoms with Gasteiger partial charge in [0.05, 0.1) is 11.4 Å². The number of fused-ring (bicyclic) bond motifs is 3.